The largest absolute Gasteiger partial charge is 0.316 e. The first-order chi connectivity index (χ1) is 7.11. The van der Waals surface area contributed by atoms with Gasteiger partial charge in [-0.1, -0.05) is 47.5 Å². The van der Waals surface area contributed by atoms with E-state index in [9.17, 15) is 0 Å². The molecule has 0 aromatic heterocycles. The minimum Gasteiger partial charge on any atom is -0.316 e. The standard InChI is InChI=1S/C14H31N/c1-6-8-13(5)14(10-12(3)4)11-15-9-7-2/h12-15H,6-11H2,1-5H3. The molecular formula is C14H31N. The van der Waals surface area contributed by atoms with Crippen molar-refractivity contribution in [3.8, 4) is 0 Å². The van der Waals surface area contributed by atoms with E-state index >= 15 is 0 Å². The number of hydrogen-bond donors (Lipinski definition) is 1. The summed E-state index contributed by atoms with van der Waals surface area (Å²) in [7, 11) is 0. The quantitative estimate of drug-likeness (QED) is 0.569. The molecule has 1 heteroatoms. The summed E-state index contributed by atoms with van der Waals surface area (Å²) in [6, 6.07) is 0. The van der Waals surface area contributed by atoms with Crippen molar-refractivity contribution >= 4 is 0 Å². The van der Waals surface area contributed by atoms with E-state index < -0.39 is 0 Å². The smallest absolute Gasteiger partial charge is 0.00179 e. The minimum atomic E-state index is 0.831. The summed E-state index contributed by atoms with van der Waals surface area (Å²) < 4.78 is 0. The summed E-state index contributed by atoms with van der Waals surface area (Å²) in [5.41, 5.74) is 0. The van der Waals surface area contributed by atoms with Crippen molar-refractivity contribution in [3.05, 3.63) is 0 Å². The second-order valence-electron chi connectivity index (χ2n) is 5.36. The van der Waals surface area contributed by atoms with Crippen LogP contribution in [0.25, 0.3) is 0 Å². The summed E-state index contributed by atoms with van der Waals surface area (Å²) in [5.74, 6) is 2.58. The van der Waals surface area contributed by atoms with Crippen LogP contribution in [0.5, 0.6) is 0 Å². The van der Waals surface area contributed by atoms with E-state index in [2.05, 4.69) is 39.9 Å². The van der Waals surface area contributed by atoms with Crippen LogP contribution in [-0.2, 0) is 0 Å². The highest BCUT2D eigenvalue weighted by molar-refractivity contribution is 4.70. The van der Waals surface area contributed by atoms with Gasteiger partial charge in [-0.15, -0.1) is 0 Å². The van der Waals surface area contributed by atoms with Gasteiger partial charge in [-0.25, -0.2) is 0 Å². The molecule has 0 aliphatic carbocycles. The summed E-state index contributed by atoms with van der Waals surface area (Å²) in [5, 5.41) is 3.58. The first-order valence-electron chi connectivity index (χ1n) is 6.82. The molecular weight excluding hydrogens is 182 g/mol. The third-order valence-corrected chi connectivity index (χ3v) is 3.16. The van der Waals surface area contributed by atoms with Crippen LogP contribution >= 0.6 is 0 Å². The summed E-state index contributed by atoms with van der Waals surface area (Å²) in [4.78, 5) is 0. The van der Waals surface area contributed by atoms with Crippen LogP contribution in [-0.4, -0.2) is 13.1 Å². The van der Waals surface area contributed by atoms with Crippen LogP contribution in [0.15, 0.2) is 0 Å². The van der Waals surface area contributed by atoms with E-state index in [4.69, 9.17) is 0 Å². The Kier molecular flexibility index (Phi) is 9.18. The van der Waals surface area contributed by atoms with Gasteiger partial charge >= 0.3 is 0 Å². The van der Waals surface area contributed by atoms with Crippen molar-refractivity contribution in [2.45, 2.75) is 60.3 Å². The lowest BCUT2D eigenvalue weighted by Gasteiger charge is -2.25. The lowest BCUT2D eigenvalue weighted by molar-refractivity contribution is 0.273. The van der Waals surface area contributed by atoms with Crippen LogP contribution < -0.4 is 5.32 Å². The Morgan fingerprint density at radius 2 is 1.67 bits per heavy atom. The molecule has 0 fully saturated rings. The SMILES string of the molecule is CCCNCC(CC(C)C)C(C)CCC. The van der Waals surface area contributed by atoms with Gasteiger partial charge in [0.05, 0.1) is 0 Å². The van der Waals surface area contributed by atoms with E-state index in [1.165, 1.54) is 38.8 Å². The van der Waals surface area contributed by atoms with Gasteiger partial charge in [-0.05, 0) is 43.7 Å². The van der Waals surface area contributed by atoms with E-state index in [1.54, 1.807) is 0 Å². The molecule has 2 atom stereocenters. The molecule has 0 aromatic carbocycles. The molecule has 0 amide bonds. The van der Waals surface area contributed by atoms with Crippen LogP contribution in [0.1, 0.15) is 60.3 Å². The Hall–Kier alpha value is -0.0400. The Labute approximate surface area is 97.0 Å². The molecule has 1 nitrogen and oxygen atoms in total. The molecule has 92 valence electrons. The number of nitrogens with one attached hydrogen (secondary N) is 1. The topological polar surface area (TPSA) is 12.0 Å². The second kappa shape index (κ2) is 9.21. The number of hydrogen-bond acceptors (Lipinski definition) is 1. The summed E-state index contributed by atoms with van der Waals surface area (Å²) in [6.45, 7) is 14.0. The predicted octanol–water partition coefficient (Wildman–Crippen LogP) is 4.08. The molecule has 0 aliphatic rings. The zero-order valence-electron chi connectivity index (χ0n) is 11.5. The Morgan fingerprint density at radius 1 is 1.00 bits per heavy atom. The van der Waals surface area contributed by atoms with Crippen molar-refractivity contribution in [1.29, 1.82) is 0 Å². The van der Waals surface area contributed by atoms with Gasteiger partial charge in [0.2, 0.25) is 0 Å². The molecule has 0 saturated heterocycles. The van der Waals surface area contributed by atoms with Crippen LogP contribution in [0.2, 0.25) is 0 Å². The second-order valence-corrected chi connectivity index (χ2v) is 5.36. The highest BCUT2D eigenvalue weighted by Gasteiger charge is 2.17. The van der Waals surface area contributed by atoms with Gasteiger partial charge in [0.1, 0.15) is 0 Å². The molecule has 0 spiro atoms. The fourth-order valence-corrected chi connectivity index (χ4v) is 2.28. The Morgan fingerprint density at radius 3 is 2.13 bits per heavy atom. The molecule has 0 bridgehead atoms. The molecule has 2 unspecified atom stereocenters. The van der Waals surface area contributed by atoms with Crippen molar-refractivity contribution in [2.75, 3.05) is 13.1 Å². The van der Waals surface area contributed by atoms with Gasteiger partial charge in [0.15, 0.2) is 0 Å². The highest BCUT2D eigenvalue weighted by atomic mass is 14.9. The highest BCUT2D eigenvalue weighted by Crippen LogP contribution is 2.23. The van der Waals surface area contributed by atoms with Gasteiger partial charge in [0.25, 0.3) is 0 Å². The first kappa shape index (κ1) is 15.0. The Balaban J connectivity index is 3.93. The maximum absolute atomic E-state index is 3.58. The molecule has 15 heavy (non-hydrogen) atoms. The fraction of sp³-hybridized carbons (Fsp3) is 1.00. The van der Waals surface area contributed by atoms with Gasteiger partial charge in [0, 0.05) is 0 Å². The van der Waals surface area contributed by atoms with Gasteiger partial charge < -0.3 is 5.32 Å². The maximum atomic E-state index is 3.58. The molecule has 0 aliphatic heterocycles. The maximum Gasteiger partial charge on any atom is -0.00179 e. The third kappa shape index (κ3) is 7.84. The Bertz CT molecular complexity index is 131. The van der Waals surface area contributed by atoms with Crippen molar-refractivity contribution < 1.29 is 0 Å². The molecule has 0 rings (SSSR count). The monoisotopic (exact) mass is 213 g/mol. The first-order valence-corrected chi connectivity index (χ1v) is 6.82. The number of rotatable bonds is 9. The van der Waals surface area contributed by atoms with Crippen molar-refractivity contribution in [1.82, 2.24) is 5.32 Å². The summed E-state index contributed by atoms with van der Waals surface area (Å²) >= 11 is 0. The molecule has 0 saturated carbocycles. The lowest BCUT2D eigenvalue weighted by atomic mass is 9.84. The molecule has 0 heterocycles. The third-order valence-electron chi connectivity index (χ3n) is 3.16. The van der Waals surface area contributed by atoms with E-state index in [1.807, 2.05) is 0 Å². The fourth-order valence-electron chi connectivity index (χ4n) is 2.28. The molecule has 0 aromatic rings. The van der Waals surface area contributed by atoms with E-state index in [-0.39, 0.29) is 0 Å². The van der Waals surface area contributed by atoms with Crippen molar-refractivity contribution in [3.63, 3.8) is 0 Å². The predicted molar refractivity (Wildman–Crippen MR) is 70.2 cm³/mol. The average Bonchev–Trinajstić information content (AvgIpc) is 2.16. The van der Waals surface area contributed by atoms with E-state index in [0.717, 1.165) is 17.8 Å². The molecule has 0 radical (unpaired) electrons. The van der Waals surface area contributed by atoms with E-state index in [0.29, 0.717) is 0 Å². The van der Waals surface area contributed by atoms with Crippen molar-refractivity contribution in [2.24, 2.45) is 17.8 Å². The van der Waals surface area contributed by atoms with Gasteiger partial charge in [-0.3, -0.25) is 0 Å². The van der Waals surface area contributed by atoms with Crippen LogP contribution in [0.3, 0.4) is 0 Å². The van der Waals surface area contributed by atoms with Crippen LogP contribution in [0, 0.1) is 17.8 Å². The normalized spacial score (nSPS) is 15.6. The summed E-state index contributed by atoms with van der Waals surface area (Å²) in [6.07, 6.45) is 5.32. The zero-order chi connectivity index (χ0) is 11.7. The van der Waals surface area contributed by atoms with Crippen LogP contribution in [0.4, 0.5) is 0 Å². The lowest BCUT2D eigenvalue weighted by Crippen LogP contribution is -2.28. The average molecular weight is 213 g/mol. The molecule has 1 N–H and O–H groups in total. The minimum absolute atomic E-state index is 0.831. The van der Waals surface area contributed by atoms with Gasteiger partial charge in [-0.2, -0.15) is 0 Å². The zero-order valence-corrected chi connectivity index (χ0v) is 11.5.